The topological polar surface area (TPSA) is 52.6 Å². The number of allylic oxidation sites excluding steroid dienone is 1. The molecule has 1 aliphatic rings. The number of esters is 1. The number of carbonyl (C=O) groups is 2. The Bertz CT molecular complexity index is 1170. The highest BCUT2D eigenvalue weighted by molar-refractivity contribution is 9.10. The maximum atomic E-state index is 12.6. The quantitative estimate of drug-likeness (QED) is 0.236. The number of ketones is 1. The maximum Gasteiger partial charge on any atom is 0.344 e. The highest BCUT2D eigenvalue weighted by Crippen LogP contribution is 2.36. The molecule has 4 rings (SSSR count). The molecule has 0 amide bonds. The smallest absolute Gasteiger partial charge is 0.344 e. The summed E-state index contributed by atoms with van der Waals surface area (Å²) in [5.41, 5.74) is 1.24. The number of hydrogen-bond acceptors (Lipinski definition) is 4. The second kappa shape index (κ2) is 8.03. The molecule has 4 nitrogen and oxygen atoms in total. The van der Waals surface area contributed by atoms with Crippen LogP contribution >= 0.6 is 39.1 Å². The summed E-state index contributed by atoms with van der Waals surface area (Å²) in [6, 6.07) is 16.6. The predicted octanol–water partition coefficient (Wildman–Crippen LogP) is 6.59. The van der Waals surface area contributed by atoms with Crippen molar-refractivity contribution in [1.29, 1.82) is 0 Å². The molecule has 0 saturated carbocycles. The van der Waals surface area contributed by atoms with Gasteiger partial charge in [-0.1, -0.05) is 41.4 Å². The summed E-state index contributed by atoms with van der Waals surface area (Å²) in [7, 11) is 0. The van der Waals surface area contributed by atoms with Gasteiger partial charge in [0.1, 0.15) is 11.5 Å². The molecule has 0 unspecified atom stereocenters. The van der Waals surface area contributed by atoms with E-state index in [1.165, 1.54) is 12.1 Å². The highest BCUT2D eigenvalue weighted by Gasteiger charge is 2.28. The molecule has 3 aromatic rings. The number of benzene rings is 3. The molecule has 0 atom stereocenters. The van der Waals surface area contributed by atoms with Crippen molar-refractivity contribution in [2.24, 2.45) is 0 Å². The summed E-state index contributed by atoms with van der Waals surface area (Å²) in [5, 5.41) is 0.806. The Hall–Kier alpha value is -2.60. The van der Waals surface area contributed by atoms with Gasteiger partial charge in [0.15, 0.2) is 5.76 Å². The van der Waals surface area contributed by atoms with E-state index < -0.39 is 5.97 Å². The number of halogens is 3. The summed E-state index contributed by atoms with van der Waals surface area (Å²) < 4.78 is 11.7. The van der Waals surface area contributed by atoms with Crippen LogP contribution in [-0.4, -0.2) is 11.8 Å². The van der Waals surface area contributed by atoms with Crippen LogP contribution in [0.2, 0.25) is 10.0 Å². The standard InChI is InChI=1S/C22H11BrCl2O4/c23-16-5-2-1-4-13(16)22(27)28-12-8-9-14-19(10-12)29-20(21(14)26)11-15-17(24)6-3-7-18(15)25/h1-11H. The molecule has 0 spiro atoms. The van der Waals surface area contributed by atoms with E-state index in [0.29, 0.717) is 37.0 Å². The Morgan fingerprint density at radius 3 is 2.45 bits per heavy atom. The average Bonchev–Trinajstić information content (AvgIpc) is 3.00. The second-order valence-corrected chi connectivity index (χ2v) is 7.77. The maximum absolute atomic E-state index is 12.6. The Morgan fingerprint density at radius 2 is 1.72 bits per heavy atom. The van der Waals surface area contributed by atoms with Crippen molar-refractivity contribution in [2.45, 2.75) is 0 Å². The van der Waals surface area contributed by atoms with Gasteiger partial charge in [-0.05, 0) is 58.4 Å². The van der Waals surface area contributed by atoms with E-state index in [4.69, 9.17) is 32.7 Å². The molecule has 0 N–H and O–H groups in total. The Morgan fingerprint density at radius 1 is 1.00 bits per heavy atom. The largest absolute Gasteiger partial charge is 0.452 e. The summed E-state index contributed by atoms with van der Waals surface area (Å²) in [6.45, 7) is 0. The first-order valence-electron chi connectivity index (χ1n) is 8.43. The lowest BCUT2D eigenvalue weighted by Crippen LogP contribution is -2.09. The normalized spacial score (nSPS) is 13.9. The van der Waals surface area contributed by atoms with Gasteiger partial charge in [-0.3, -0.25) is 4.79 Å². The molecule has 1 heterocycles. The number of carbonyl (C=O) groups excluding carboxylic acids is 2. The van der Waals surface area contributed by atoms with Crippen molar-refractivity contribution in [3.63, 3.8) is 0 Å². The molecule has 0 saturated heterocycles. The number of ether oxygens (including phenoxy) is 2. The molecule has 0 bridgehead atoms. The molecule has 7 heteroatoms. The monoisotopic (exact) mass is 488 g/mol. The summed E-state index contributed by atoms with van der Waals surface area (Å²) in [6.07, 6.45) is 1.50. The molecule has 144 valence electrons. The van der Waals surface area contributed by atoms with E-state index >= 15 is 0 Å². The molecule has 0 aliphatic carbocycles. The van der Waals surface area contributed by atoms with Gasteiger partial charge in [0.05, 0.1) is 11.1 Å². The third-order valence-corrected chi connectivity index (χ3v) is 5.57. The molecule has 1 aliphatic heterocycles. The third-order valence-electron chi connectivity index (χ3n) is 4.22. The first-order chi connectivity index (χ1) is 13.9. The van der Waals surface area contributed by atoms with Crippen LogP contribution in [0.25, 0.3) is 6.08 Å². The van der Waals surface area contributed by atoms with Crippen LogP contribution in [0.3, 0.4) is 0 Å². The Labute approximate surface area is 184 Å². The predicted molar refractivity (Wildman–Crippen MR) is 115 cm³/mol. The van der Waals surface area contributed by atoms with E-state index in [0.717, 1.165) is 0 Å². The van der Waals surface area contributed by atoms with Gasteiger partial charge in [-0.2, -0.15) is 0 Å². The number of fused-ring (bicyclic) bond motifs is 1. The number of Topliss-reactive ketones (excluding diaryl/α,β-unsaturated/α-hetero) is 1. The minimum Gasteiger partial charge on any atom is -0.452 e. The minimum absolute atomic E-state index is 0.0873. The molecule has 0 fully saturated rings. The van der Waals surface area contributed by atoms with Crippen molar-refractivity contribution in [1.82, 2.24) is 0 Å². The van der Waals surface area contributed by atoms with E-state index in [1.807, 2.05) is 0 Å². The van der Waals surface area contributed by atoms with E-state index in [1.54, 1.807) is 54.6 Å². The van der Waals surface area contributed by atoms with Gasteiger partial charge in [-0.15, -0.1) is 0 Å². The van der Waals surface area contributed by atoms with Crippen molar-refractivity contribution in [2.75, 3.05) is 0 Å². The first kappa shape index (κ1) is 19.7. The molecular weight excluding hydrogens is 479 g/mol. The van der Waals surface area contributed by atoms with Crippen LogP contribution in [0.4, 0.5) is 0 Å². The van der Waals surface area contributed by atoms with Crippen molar-refractivity contribution >= 4 is 57.0 Å². The zero-order chi connectivity index (χ0) is 20.5. The van der Waals surface area contributed by atoms with E-state index in [-0.39, 0.29) is 17.3 Å². The van der Waals surface area contributed by atoms with Gasteiger partial charge >= 0.3 is 5.97 Å². The van der Waals surface area contributed by atoms with Crippen LogP contribution in [-0.2, 0) is 0 Å². The van der Waals surface area contributed by atoms with Gasteiger partial charge in [-0.25, -0.2) is 4.79 Å². The molecule has 29 heavy (non-hydrogen) atoms. The molecule has 0 aromatic heterocycles. The first-order valence-corrected chi connectivity index (χ1v) is 9.98. The summed E-state index contributed by atoms with van der Waals surface area (Å²) >= 11 is 15.6. The number of rotatable bonds is 3. The van der Waals surface area contributed by atoms with Crippen LogP contribution in [0.1, 0.15) is 26.3 Å². The highest BCUT2D eigenvalue weighted by atomic mass is 79.9. The van der Waals surface area contributed by atoms with Crippen molar-refractivity contribution < 1.29 is 19.1 Å². The zero-order valence-electron chi connectivity index (χ0n) is 14.6. The SMILES string of the molecule is O=C(Oc1ccc2c(c1)OC(=Cc1c(Cl)cccc1Cl)C2=O)c1ccccc1Br. The van der Waals surface area contributed by atoms with Crippen molar-refractivity contribution in [3.05, 3.63) is 97.6 Å². The molecule has 0 radical (unpaired) electrons. The second-order valence-electron chi connectivity index (χ2n) is 6.10. The lowest BCUT2D eigenvalue weighted by Gasteiger charge is -2.07. The fraction of sp³-hybridized carbons (Fsp3) is 0. The molecule has 3 aromatic carbocycles. The minimum atomic E-state index is -0.527. The summed E-state index contributed by atoms with van der Waals surface area (Å²) in [4.78, 5) is 25.0. The van der Waals surface area contributed by atoms with Crippen molar-refractivity contribution in [3.8, 4) is 11.5 Å². The zero-order valence-corrected chi connectivity index (χ0v) is 17.7. The fourth-order valence-corrected chi connectivity index (χ4v) is 3.75. The van der Waals surface area contributed by atoms with Crippen LogP contribution in [0, 0.1) is 0 Å². The van der Waals surface area contributed by atoms with Gasteiger partial charge in [0.2, 0.25) is 5.78 Å². The fourth-order valence-electron chi connectivity index (χ4n) is 2.80. The van der Waals surface area contributed by atoms with E-state index in [9.17, 15) is 9.59 Å². The lowest BCUT2D eigenvalue weighted by molar-refractivity contribution is 0.0733. The number of hydrogen-bond donors (Lipinski definition) is 0. The van der Waals surface area contributed by atoms with Crippen LogP contribution in [0.5, 0.6) is 11.5 Å². The van der Waals surface area contributed by atoms with Gasteiger partial charge in [0, 0.05) is 26.1 Å². The van der Waals surface area contributed by atoms with Gasteiger partial charge in [0.25, 0.3) is 0 Å². The Balaban J connectivity index is 1.60. The Kier molecular flexibility index (Phi) is 5.46. The lowest BCUT2D eigenvalue weighted by atomic mass is 10.1. The average molecular weight is 490 g/mol. The van der Waals surface area contributed by atoms with Crippen LogP contribution < -0.4 is 9.47 Å². The van der Waals surface area contributed by atoms with Gasteiger partial charge < -0.3 is 9.47 Å². The van der Waals surface area contributed by atoms with Crippen LogP contribution in [0.15, 0.2) is 70.9 Å². The summed E-state index contributed by atoms with van der Waals surface area (Å²) in [5.74, 6) is -0.194. The molecular formula is C22H11BrCl2O4. The van der Waals surface area contributed by atoms with E-state index in [2.05, 4.69) is 15.9 Å². The third kappa shape index (κ3) is 3.94.